The molecule has 0 amide bonds. The molecule has 0 atom stereocenters. The molecular formula is C15H13N3O3. The lowest BCUT2D eigenvalue weighted by molar-refractivity contribution is 0.285. The number of H-pyrrole nitrogens is 1. The van der Waals surface area contributed by atoms with E-state index in [9.17, 15) is 4.79 Å². The molecule has 0 aliphatic carbocycles. The van der Waals surface area contributed by atoms with Gasteiger partial charge in [0.05, 0.1) is 24.3 Å². The number of nitrogens with one attached hydrogen (secondary N) is 1. The van der Waals surface area contributed by atoms with Crippen molar-refractivity contribution in [3.63, 3.8) is 0 Å². The van der Waals surface area contributed by atoms with Crippen LogP contribution in [0.1, 0.15) is 5.56 Å². The fourth-order valence-corrected chi connectivity index (χ4v) is 1.99. The molecule has 1 N–H and O–H groups in total. The van der Waals surface area contributed by atoms with E-state index >= 15 is 0 Å². The highest BCUT2D eigenvalue weighted by molar-refractivity contribution is 5.81. The average molecular weight is 283 g/mol. The van der Waals surface area contributed by atoms with Crippen molar-refractivity contribution >= 4 is 10.9 Å². The molecule has 1 aromatic carbocycles. The Bertz CT molecular complexity index is 815. The molecule has 3 aromatic rings. The van der Waals surface area contributed by atoms with E-state index in [1.165, 1.54) is 13.4 Å². The zero-order chi connectivity index (χ0) is 14.7. The van der Waals surface area contributed by atoms with Gasteiger partial charge >= 0.3 is 0 Å². The van der Waals surface area contributed by atoms with Crippen molar-refractivity contribution in [3.05, 3.63) is 58.9 Å². The van der Waals surface area contributed by atoms with Crippen molar-refractivity contribution in [1.82, 2.24) is 15.0 Å². The van der Waals surface area contributed by atoms with Gasteiger partial charge in [-0.05, 0) is 23.8 Å². The van der Waals surface area contributed by atoms with E-state index in [-0.39, 0.29) is 5.56 Å². The molecule has 21 heavy (non-hydrogen) atoms. The minimum Gasteiger partial charge on any atom is -0.493 e. The van der Waals surface area contributed by atoms with E-state index in [0.29, 0.717) is 29.0 Å². The highest BCUT2D eigenvalue weighted by Crippen LogP contribution is 2.30. The molecule has 3 rings (SSSR count). The van der Waals surface area contributed by atoms with Crippen LogP contribution in [0.4, 0.5) is 0 Å². The monoisotopic (exact) mass is 283 g/mol. The topological polar surface area (TPSA) is 77.1 Å². The van der Waals surface area contributed by atoms with Crippen molar-refractivity contribution in [2.24, 2.45) is 0 Å². The van der Waals surface area contributed by atoms with E-state index in [4.69, 9.17) is 9.47 Å². The van der Waals surface area contributed by atoms with E-state index in [0.717, 1.165) is 5.56 Å². The molecule has 0 saturated heterocycles. The van der Waals surface area contributed by atoms with Gasteiger partial charge in [0.1, 0.15) is 6.61 Å². The second-order valence-corrected chi connectivity index (χ2v) is 4.40. The van der Waals surface area contributed by atoms with Crippen LogP contribution in [0.2, 0.25) is 0 Å². The van der Waals surface area contributed by atoms with Gasteiger partial charge in [0.2, 0.25) is 0 Å². The summed E-state index contributed by atoms with van der Waals surface area (Å²) < 4.78 is 11.0. The van der Waals surface area contributed by atoms with Crippen LogP contribution in [0.25, 0.3) is 10.9 Å². The maximum Gasteiger partial charge on any atom is 0.258 e. The van der Waals surface area contributed by atoms with Crippen LogP contribution in [-0.4, -0.2) is 22.1 Å². The summed E-state index contributed by atoms with van der Waals surface area (Å²) in [7, 11) is 1.53. The molecule has 106 valence electrons. The maximum absolute atomic E-state index is 11.7. The lowest BCUT2D eigenvalue weighted by Crippen LogP contribution is -2.07. The zero-order valence-electron chi connectivity index (χ0n) is 11.4. The summed E-state index contributed by atoms with van der Waals surface area (Å²) in [6.07, 6.45) is 4.78. The van der Waals surface area contributed by atoms with Crippen LogP contribution in [-0.2, 0) is 6.61 Å². The first-order valence-corrected chi connectivity index (χ1v) is 6.35. The molecule has 0 unspecified atom stereocenters. The van der Waals surface area contributed by atoms with Crippen LogP contribution >= 0.6 is 0 Å². The minimum absolute atomic E-state index is 0.209. The Hall–Kier alpha value is -2.89. The van der Waals surface area contributed by atoms with Crippen molar-refractivity contribution < 1.29 is 9.47 Å². The fraction of sp³-hybridized carbons (Fsp3) is 0.133. The molecule has 2 heterocycles. The number of ether oxygens (including phenoxy) is 2. The summed E-state index contributed by atoms with van der Waals surface area (Å²) in [6.45, 7) is 0.383. The SMILES string of the molecule is COc1cc2c(=O)[nH]cnc2cc1OCc1ccncc1. The second kappa shape index (κ2) is 5.62. The first-order chi connectivity index (χ1) is 10.3. The summed E-state index contributed by atoms with van der Waals surface area (Å²) in [5.74, 6) is 1.04. The van der Waals surface area contributed by atoms with Gasteiger partial charge < -0.3 is 14.5 Å². The summed E-state index contributed by atoms with van der Waals surface area (Å²) in [5.41, 5.74) is 1.34. The number of nitrogens with zero attached hydrogens (tertiary/aromatic N) is 2. The predicted octanol–water partition coefficient (Wildman–Crippen LogP) is 1.91. The van der Waals surface area contributed by atoms with E-state index < -0.39 is 0 Å². The van der Waals surface area contributed by atoms with Gasteiger partial charge in [-0.2, -0.15) is 0 Å². The number of aromatic nitrogens is 3. The van der Waals surface area contributed by atoms with Crippen LogP contribution in [0, 0.1) is 0 Å². The second-order valence-electron chi connectivity index (χ2n) is 4.40. The average Bonchev–Trinajstić information content (AvgIpc) is 2.53. The molecule has 2 aromatic heterocycles. The normalized spacial score (nSPS) is 10.5. The van der Waals surface area contributed by atoms with Crippen LogP contribution in [0.3, 0.4) is 0 Å². The third-order valence-corrected chi connectivity index (χ3v) is 3.07. The lowest BCUT2D eigenvalue weighted by Gasteiger charge is -2.11. The molecule has 6 nitrogen and oxygen atoms in total. The van der Waals surface area contributed by atoms with Gasteiger partial charge in [0, 0.05) is 18.5 Å². The van der Waals surface area contributed by atoms with E-state index in [1.54, 1.807) is 24.5 Å². The molecule has 0 bridgehead atoms. The number of hydrogen-bond donors (Lipinski definition) is 1. The number of fused-ring (bicyclic) bond motifs is 1. The number of hydrogen-bond acceptors (Lipinski definition) is 5. The Labute approximate surface area is 120 Å². The summed E-state index contributed by atoms with van der Waals surface area (Å²) in [6, 6.07) is 7.07. The predicted molar refractivity (Wildman–Crippen MR) is 77.5 cm³/mol. The standard InChI is InChI=1S/C15H13N3O3/c1-20-13-6-11-12(17-9-18-15(11)19)7-14(13)21-8-10-2-4-16-5-3-10/h2-7,9H,8H2,1H3,(H,17,18,19). The Balaban J connectivity index is 1.96. The fourth-order valence-electron chi connectivity index (χ4n) is 1.99. The highest BCUT2D eigenvalue weighted by atomic mass is 16.5. The Kier molecular flexibility index (Phi) is 3.51. The molecule has 0 fully saturated rings. The maximum atomic E-state index is 11.7. The first kappa shape index (κ1) is 13.1. The summed E-state index contributed by atoms with van der Waals surface area (Å²) >= 11 is 0. The van der Waals surface area contributed by atoms with Crippen molar-refractivity contribution in [1.29, 1.82) is 0 Å². The quantitative estimate of drug-likeness (QED) is 0.791. The third-order valence-electron chi connectivity index (χ3n) is 3.07. The van der Waals surface area contributed by atoms with Gasteiger partial charge in [-0.25, -0.2) is 4.98 Å². The lowest BCUT2D eigenvalue weighted by atomic mass is 10.2. The Morgan fingerprint density at radius 2 is 2.00 bits per heavy atom. The van der Waals surface area contributed by atoms with E-state index in [1.807, 2.05) is 12.1 Å². The Morgan fingerprint density at radius 1 is 1.19 bits per heavy atom. The van der Waals surface area contributed by atoms with Crippen molar-refractivity contribution in [2.75, 3.05) is 7.11 Å². The van der Waals surface area contributed by atoms with Gasteiger partial charge in [0.25, 0.3) is 5.56 Å². The first-order valence-electron chi connectivity index (χ1n) is 6.35. The number of benzene rings is 1. The zero-order valence-corrected chi connectivity index (χ0v) is 11.4. The number of pyridine rings is 1. The smallest absolute Gasteiger partial charge is 0.258 e. The van der Waals surface area contributed by atoms with Gasteiger partial charge in [-0.15, -0.1) is 0 Å². The molecule has 0 spiro atoms. The Morgan fingerprint density at radius 3 is 2.76 bits per heavy atom. The molecule has 0 aliphatic rings. The van der Waals surface area contributed by atoms with Gasteiger partial charge in [0.15, 0.2) is 11.5 Å². The molecule has 0 radical (unpaired) electrons. The minimum atomic E-state index is -0.209. The molecular weight excluding hydrogens is 270 g/mol. The number of aromatic amines is 1. The summed E-state index contributed by atoms with van der Waals surface area (Å²) in [4.78, 5) is 22.4. The molecule has 0 saturated carbocycles. The van der Waals surface area contributed by atoms with Crippen LogP contribution < -0.4 is 15.0 Å². The van der Waals surface area contributed by atoms with Crippen LogP contribution in [0.5, 0.6) is 11.5 Å². The van der Waals surface area contributed by atoms with Crippen LogP contribution in [0.15, 0.2) is 47.8 Å². The molecule has 6 heteroatoms. The third kappa shape index (κ3) is 2.69. The van der Waals surface area contributed by atoms with E-state index in [2.05, 4.69) is 15.0 Å². The largest absolute Gasteiger partial charge is 0.493 e. The summed E-state index contributed by atoms with van der Waals surface area (Å²) in [5, 5.41) is 0.464. The molecule has 0 aliphatic heterocycles. The van der Waals surface area contributed by atoms with Gasteiger partial charge in [-0.1, -0.05) is 0 Å². The van der Waals surface area contributed by atoms with Gasteiger partial charge in [-0.3, -0.25) is 9.78 Å². The number of rotatable bonds is 4. The van der Waals surface area contributed by atoms with Crippen molar-refractivity contribution in [3.8, 4) is 11.5 Å². The van der Waals surface area contributed by atoms with Crippen molar-refractivity contribution in [2.45, 2.75) is 6.61 Å². The number of methoxy groups -OCH3 is 1. The highest BCUT2D eigenvalue weighted by Gasteiger charge is 2.10.